The second-order valence-electron chi connectivity index (χ2n) is 9.88. The third-order valence-electron chi connectivity index (χ3n) is 6.14. The van der Waals surface area contributed by atoms with E-state index in [1.165, 1.54) is 10.9 Å². The van der Waals surface area contributed by atoms with E-state index in [1.54, 1.807) is 41.5 Å². The molecule has 4 aromatic rings. The number of hydrogen-bond donors (Lipinski definition) is 1. The lowest BCUT2D eigenvalue weighted by Crippen LogP contribution is -2.45. The summed E-state index contributed by atoms with van der Waals surface area (Å²) in [4.78, 5) is 29.1. The van der Waals surface area contributed by atoms with Crippen molar-refractivity contribution in [2.24, 2.45) is 4.36 Å². The van der Waals surface area contributed by atoms with Crippen LogP contribution in [0.15, 0.2) is 70.5 Å². The molecule has 0 spiro atoms. The van der Waals surface area contributed by atoms with Crippen molar-refractivity contribution in [3.8, 4) is 5.82 Å². The van der Waals surface area contributed by atoms with E-state index in [0.29, 0.717) is 28.6 Å². The van der Waals surface area contributed by atoms with Gasteiger partial charge in [0.25, 0.3) is 5.56 Å². The highest BCUT2D eigenvalue weighted by molar-refractivity contribution is 7.92. The zero-order valence-electron chi connectivity index (χ0n) is 22.4. The molecule has 0 aliphatic carbocycles. The zero-order chi connectivity index (χ0) is 27.7. The average molecular weight is 549 g/mol. The van der Waals surface area contributed by atoms with Gasteiger partial charge in [-0.25, -0.2) is 23.5 Å². The van der Waals surface area contributed by atoms with Crippen molar-refractivity contribution in [2.75, 3.05) is 35.8 Å². The van der Waals surface area contributed by atoms with E-state index < -0.39 is 9.73 Å². The quantitative estimate of drug-likeness (QED) is 0.346. The fourth-order valence-corrected chi connectivity index (χ4v) is 5.24. The van der Waals surface area contributed by atoms with Crippen LogP contribution >= 0.6 is 0 Å². The molecule has 1 aromatic carbocycles. The van der Waals surface area contributed by atoms with Gasteiger partial charge in [-0.2, -0.15) is 9.35 Å². The molecule has 11 nitrogen and oxygen atoms in total. The van der Waals surface area contributed by atoms with Crippen molar-refractivity contribution in [2.45, 2.75) is 32.6 Å². The van der Waals surface area contributed by atoms with Crippen molar-refractivity contribution in [1.29, 1.82) is 0 Å². The summed E-state index contributed by atoms with van der Waals surface area (Å²) in [5.74, 6) is 1.05. The highest BCUT2D eigenvalue weighted by atomic mass is 32.2. The molecule has 5 rings (SSSR count). The van der Waals surface area contributed by atoms with Crippen LogP contribution in [-0.2, 0) is 21.0 Å². The number of hydrogen-bond acceptors (Lipinski definition) is 9. The highest BCUT2D eigenvalue weighted by Gasteiger charge is 2.22. The largest absolute Gasteiger partial charge is 0.372 e. The van der Waals surface area contributed by atoms with Gasteiger partial charge in [-0.05, 0) is 50.2 Å². The number of fused-ring (bicyclic) bond motifs is 1. The number of nitrogens with zero attached hydrogens (tertiary/aromatic N) is 7. The monoisotopic (exact) mass is 548 g/mol. The Balaban J connectivity index is 1.50. The van der Waals surface area contributed by atoms with Crippen LogP contribution in [0, 0.1) is 0 Å². The minimum absolute atomic E-state index is 0.176. The molecule has 39 heavy (non-hydrogen) atoms. The summed E-state index contributed by atoms with van der Waals surface area (Å²) in [7, 11) is -2.42. The topological polar surface area (TPSA) is 120 Å². The Morgan fingerprint density at radius 3 is 2.51 bits per heavy atom. The number of benzene rings is 1. The standard InChI is InChI=1S/C27H32N8O3S/c1-6-14-34-26(36)22-15-28-27(29-20-10-12-21(13-11-20)33-16-18(2)38-19(3)17-33)31-25(22)35(34)24-9-7-8-23(30-24)32-39(4,5)37/h6-13,15,18-19H,1,14,16-17H2,2-5H3,(H,28,29,31)/t18-,19+. The summed E-state index contributed by atoms with van der Waals surface area (Å²) in [6.45, 7) is 9.86. The van der Waals surface area contributed by atoms with Gasteiger partial charge in [0.2, 0.25) is 5.95 Å². The van der Waals surface area contributed by atoms with Crippen molar-refractivity contribution in [1.82, 2.24) is 24.3 Å². The zero-order valence-corrected chi connectivity index (χ0v) is 23.3. The Morgan fingerprint density at radius 2 is 1.85 bits per heavy atom. The molecule has 0 saturated carbocycles. The van der Waals surface area contributed by atoms with Crippen LogP contribution in [0.3, 0.4) is 0 Å². The second-order valence-corrected chi connectivity index (χ2v) is 12.4. The number of anilines is 3. The van der Waals surface area contributed by atoms with Crippen LogP contribution in [0.1, 0.15) is 13.8 Å². The first-order chi connectivity index (χ1) is 18.6. The van der Waals surface area contributed by atoms with Gasteiger partial charge in [-0.3, -0.25) is 4.79 Å². The Hall–Kier alpha value is -4.03. The molecule has 4 heterocycles. The SMILES string of the molecule is C=CCn1c(=O)c2cnc(Nc3ccc(N4C[C@@H](C)O[C@@H](C)C4)cc3)nc2n1-c1cccc(N=S(C)(C)=O)n1. The van der Waals surface area contributed by atoms with Gasteiger partial charge in [0, 0.05) is 52.9 Å². The molecule has 204 valence electrons. The van der Waals surface area contributed by atoms with Gasteiger partial charge < -0.3 is 15.0 Å². The second kappa shape index (κ2) is 10.6. The van der Waals surface area contributed by atoms with Crippen LogP contribution in [0.4, 0.5) is 23.1 Å². The van der Waals surface area contributed by atoms with E-state index in [1.807, 2.05) is 12.1 Å². The van der Waals surface area contributed by atoms with Gasteiger partial charge in [0.1, 0.15) is 5.39 Å². The van der Waals surface area contributed by atoms with Gasteiger partial charge >= 0.3 is 0 Å². The van der Waals surface area contributed by atoms with E-state index in [2.05, 4.69) is 62.1 Å². The summed E-state index contributed by atoms with van der Waals surface area (Å²) in [5, 5.41) is 3.58. The lowest BCUT2D eigenvalue weighted by atomic mass is 10.2. The van der Waals surface area contributed by atoms with E-state index in [4.69, 9.17) is 4.74 Å². The smallest absolute Gasteiger partial charge is 0.278 e. The number of aromatic nitrogens is 5. The first-order valence-corrected chi connectivity index (χ1v) is 15.0. The predicted octanol–water partition coefficient (Wildman–Crippen LogP) is 3.88. The first kappa shape index (κ1) is 26.6. The minimum Gasteiger partial charge on any atom is -0.372 e. The minimum atomic E-state index is -2.42. The molecule has 1 N–H and O–H groups in total. The Kier molecular flexibility index (Phi) is 7.23. The van der Waals surface area contributed by atoms with Crippen LogP contribution in [0.25, 0.3) is 16.9 Å². The number of ether oxygens (including phenoxy) is 1. The Labute approximate surface area is 227 Å². The van der Waals surface area contributed by atoms with E-state index in [9.17, 15) is 9.00 Å². The lowest BCUT2D eigenvalue weighted by Gasteiger charge is -2.36. The summed E-state index contributed by atoms with van der Waals surface area (Å²) in [6.07, 6.45) is 6.57. The molecule has 0 unspecified atom stereocenters. The van der Waals surface area contributed by atoms with E-state index in [0.717, 1.165) is 24.5 Å². The Morgan fingerprint density at radius 1 is 1.13 bits per heavy atom. The van der Waals surface area contributed by atoms with Crippen LogP contribution in [0.2, 0.25) is 0 Å². The van der Waals surface area contributed by atoms with Crippen LogP contribution < -0.4 is 15.8 Å². The average Bonchev–Trinajstić information content (AvgIpc) is 3.14. The number of pyridine rings is 1. The molecule has 1 fully saturated rings. The maximum absolute atomic E-state index is 13.2. The first-order valence-electron chi connectivity index (χ1n) is 12.6. The van der Waals surface area contributed by atoms with E-state index in [-0.39, 0.29) is 24.3 Å². The predicted molar refractivity (Wildman–Crippen MR) is 155 cm³/mol. The molecule has 0 bridgehead atoms. The summed E-state index contributed by atoms with van der Waals surface area (Å²) >= 11 is 0. The normalized spacial score (nSPS) is 17.8. The maximum atomic E-state index is 13.2. The number of nitrogens with one attached hydrogen (secondary N) is 1. The summed E-state index contributed by atoms with van der Waals surface area (Å²) < 4.78 is 25.4. The molecule has 1 aliphatic rings. The van der Waals surface area contributed by atoms with Gasteiger partial charge in [0.15, 0.2) is 17.3 Å². The Bertz CT molecular complexity index is 1680. The van der Waals surface area contributed by atoms with Crippen molar-refractivity contribution in [3.63, 3.8) is 0 Å². The van der Waals surface area contributed by atoms with Gasteiger partial charge in [-0.15, -0.1) is 6.58 Å². The van der Waals surface area contributed by atoms with Crippen molar-refractivity contribution < 1.29 is 8.95 Å². The van der Waals surface area contributed by atoms with Crippen LogP contribution in [0.5, 0.6) is 0 Å². The number of allylic oxidation sites excluding steroid dienone is 1. The molecule has 3 aromatic heterocycles. The van der Waals surface area contributed by atoms with Crippen LogP contribution in [-0.4, -0.2) is 66.3 Å². The third-order valence-corrected chi connectivity index (χ3v) is 6.76. The summed E-state index contributed by atoms with van der Waals surface area (Å²) in [5.41, 5.74) is 2.04. The fourth-order valence-electron chi connectivity index (χ4n) is 4.69. The molecule has 2 atom stereocenters. The van der Waals surface area contributed by atoms with Crippen molar-refractivity contribution >= 4 is 43.9 Å². The molecule has 0 radical (unpaired) electrons. The maximum Gasteiger partial charge on any atom is 0.278 e. The number of morpholine rings is 1. The molecule has 0 amide bonds. The third kappa shape index (κ3) is 5.86. The fraction of sp³-hybridized carbons (Fsp3) is 0.333. The molecule has 1 saturated heterocycles. The molecular formula is C27H32N8O3S. The molecule has 12 heteroatoms. The number of rotatable bonds is 7. The summed E-state index contributed by atoms with van der Waals surface area (Å²) in [6, 6.07) is 13.2. The van der Waals surface area contributed by atoms with Gasteiger partial charge in [-0.1, -0.05) is 12.1 Å². The van der Waals surface area contributed by atoms with E-state index >= 15 is 0 Å². The highest BCUT2D eigenvalue weighted by Crippen LogP contribution is 2.24. The van der Waals surface area contributed by atoms with Crippen molar-refractivity contribution in [3.05, 3.63) is 71.7 Å². The van der Waals surface area contributed by atoms with Gasteiger partial charge in [0.05, 0.1) is 18.8 Å². The lowest BCUT2D eigenvalue weighted by molar-refractivity contribution is -0.00521. The molecular weight excluding hydrogens is 516 g/mol. The molecule has 1 aliphatic heterocycles.